The number of nitrogens with zero attached hydrogens (tertiary/aromatic N) is 3. The zero-order valence-corrected chi connectivity index (χ0v) is 10.2. The van der Waals surface area contributed by atoms with Crippen molar-refractivity contribution in [1.82, 2.24) is 15.1 Å². The summed E-state index contributed by atoms with van der Waals surface area (Å²) >= 11 is 0. The highest BCUT2D eigenvalue weighted by atomic mass is 16.5. The van der Waals surface area contributed by atoms with Gasteiger partial charge in [0.1, 0.15) is 17.5 Å². The number of anilines is 1. The molecule has 0 radical (unpaired) electrons. The number of nitrogens with one attached hydrogen (secondary N) is 1. The molecular weight excluding hydrogens is 220 g/mol. The molecule has 0 aliphatic carbocycles. The van der Waals surface area contributed by atoms with E-state index in [9.17, 15) is 0 Å². The van der Waals surface area contributed by atoms with Gasteiger partial charge in [-0.3, -0.25) is 0 Å². The first kappa shape index (κ1) is 11.8. The molecule has 0 fully saturated rings. The number of hydrogen-bond donors (Lipinski definition) is 2. The Morgan fingerprint density at radius 3 is 2.88 bits per heavy atom. The lowest BCUT2D eigenvalue weighted by atomic mass is 10.0. The van der Waals surface area contributed by atoms with Crippen LogP contribution in [-0.4, -0.2) is 32.4 Å². The molecule has 2 aromatic rings. The van der Waals surface area contributed by atoms with Gasteiger partial charge in [-0.1, -0.05) is 5.16 Å². The zero-order chi connectivity index (χ0) is 12.5. The Balaban J connectivity index is 2.39. The first-order valence-electron chi connectivity index (χ1n) is 5.49. The molecule has 0 saturated heterocycles. The number of aromatic nitrogens is 3. The summed E-state index contributed by atoms with van der Waals surface area (Å²) in [5.74, 6) is 0.687. The van der Waals surface area contributed by atoms with E-state index in [0.29, 0.717) is 18.0 Å². The van der Waals surface area contributed by atoms with E-state index in [2.05, 4.69) is 20.4 Å². The highest BCUT2D eigenvalue weighted by Gasteiger charge is 2.20. The first-order valence-corrected chi connectivity index (χ1v) is 5.49. The third kappa shape index (κ3) is 2.36. The molecule has 0 aliphatic heterocycles. The van der Waals surface area contributed by atoms with Crippen LogP contribution in [0.4, 0.5) is 5.82 Å². The summed E-state index contributed by atoms with van der Waals surface area (Å²) in [5, 5.41) is 16.9. The maximum absolute atomic E-state index is 9.00. The van der Waals surface area contributed by atoms with Crippen LogP contribution >= 0.6 is 0 Å². The fourth-order valence-corrected chi connectivity index (χ4v) is 1.68. The van der Waals surface area contributed by atoms with Crippen molar-refractivity contribution in [2.45, 2.75) is 32.7 Å². The van der Waals surface area contributed by atoms with Crippen molar-refractivity contribution in [3.63, 3.8) is 0 Å². The van der Waals surface area contributed by atoms with E-state index in [0.717, 1.165) is 11.1 Å². The summed E-state index contributed by atoms with van der Waals surface area (Å²) in [6, 6.07) is 0. The van der Waals surface area contributed by atoms with Gasteiger partial charge in [-0.2, -0.15) is 4.98 Å². The van der Waals surface area contributed by atoms with Crippen LogP contribution in [0.2, 0.25) is 0 Å². The van der Waals surface area contributed by atoms with Crippen LogP contribution in [0.3, 0.4) is 0 Å². The van der Waals surface area contributed by atoms with Gasteiger partial charge in [-0.25, -0.2) is 4.98 Å². The molecule has 17 heavy (non-hydrogen) atoms. The number of hydrogen-bond acceptors (Lipinski definition) is 6. The Morgan fingerprint density at radius 2 is 2.18 bits per heavy atom. The minimum atomic E-state index is -0.250. The highest BCUT2D eigenvalue weighted by molar-refractivity contribution is 5.87. The summed E-state index contributed by atoms with van der Waals surface area (Å²) in [5.41, 5.74) is 0.974. The van der Waals surface area contributed by atoms with Crippen molar-refractivity contribution in [1.29, 1.82) is 0 Å². The number of aliphatic hydroxyl groups is 1. The van der Waals surface area contributed by atoms with Gasteiger partial charge in [0, 0.05) is 12.1 Å². The minimum absolute atomic E-state index is 0.122. The van der Waals surface area contributed by atoms with Crippen LogP contribution in [0.25, 0.3) is 11.1 Å². The SMILES string of the molecule is Cc1noc2ncnc(NC(C)(C)CCO)c12. The molecule has 0 unspecified atom stereocenters. The predicted molar refractivity (Wildman–Crippen MR) is 63.7 cm³/mol. The van der Waals surface area contributed by atoms with Gasteiger partial charge >= 0.3 is 0 Å². The fraction of sp³-hybridized carbons (Fsp3) is 0.545. The molecule has 6 heteroatoms. The highest BCUT2D eigenvalue weighted by Crippen LogP contribution is 2.25. The van der Waals surface area contributed by atoms with Crippen LogP contribution < -0.4 is 5.32 Å². The van der Waals surface area contributed by atoms with E-state index in [1.807, 2.05) is 20.8 Å². The van der Waals surface area contributed by atoms with Crippen LogP contribution in [0, 0.1) is 6.92 Å². The zero-order valence-electron chi connectivity index (χ0n) is 10.2. The number of fused-ring (bicyclic) bond motifs is 1. The topological polar surface area (TPSA) is 84.1 Å². The summed E-state index contributed by atoms with van der Waals surface area (Å²) in [6.07, 6.45) is 2.06. The summed E-state index contributed by atoms with van der Waals surface area (Å²) in [6.45, 7) is 5.97. The van der Waals surface area contributed by atoms with Crippen LogP contribution in [0.15, 0.2) is 10.9 Å². The molecule has 0 atom stereocenters. The molecule has 2 N–H and O–H groups in total. The third-order valence-corrected chi connectivity index (χ3v) is 2.64. The van der Waals surface area contributed by atoms with Gasteiger partial charge in [0.2, 0.25) is 0 Å². The third-order valence-electron chi connectivity index (χ3n) is 2.64. The lowest BCUT2D eigenvalue weighted by Gasteiger charge is -2.26. The molecule has 2 aromatic heterocycles. The smallest absolute Gasteiger partial charge is 0.263 e. The first-order chi connectivity index (χ1) is 8.03. The van der Waals surface area contributed by atoms with Crippen molar-refractivity contribution < 1.29 is 9.63 Å². The van der Waals surface area contributed by atoms with Gasteiger partial charge in [0.15, 0.2) is 0 Å². The average molecular weight is 236 g/mol. The normalized spacial score (nSPS) is 12.0. The van der Waals surface area contributed by atoms with Crippen LogP contribution in [-0.2, 0) is 0 Å². The molecule has 92 valence electrons. The Bertz CT molecular complexity index is 521. The second kappa shape index (κ2) is 4.29. The van der Waals surface area contributed by atoms with E-state index < -0.39 is 0 Å². The minimum Gasteiger partial charge on any atom is -0.396 e. The lowest BCUT2D eigenvalue weighted by Crippen LogP contribution is -2.32. The second-order valence-corrected chi connectivity index (χ2v) is 4.65. The second-order valence-electron chi connectivity index (χ2n) is 4.65. The molecule has 0 spiro atoms. The van der Waals surface area contributed by atoms with E-state index in [1.54, 1.807) is 0 Å². The predicted octanol–water partition coefficient (Wildman–Crippen LogP) is 1.50. The quantitative estimate of drug-likeness (QED) is 0.836. The molecule has 0 aromatic carbocycles. The molecule has 0 amide bonds. The van der Waals surface area contributed by atoms with Crippen LogP contribution in [0.1, 0.15) is 26.0 Å². The Labute approximate surface area is 99.1 Å². The molecule has 2 rings (SSSR count). The molecule has 0 bridgehead atoms. The standard InChI is InChI=1S/C11H16N4O2/c1-7-8-9(14-11(2,3)4-5-16)12-6-13-10(8)17-15-7/h6,16H,4-5H2,1-3H3,(H,12,13,14). The maximum Gasteiger partial charge on any atom is 0.263 e. The van der Waals surface area contributed by atoms with E-state index >= 15 is 0 Å². The number of rotatable bonds is 4. The van der Waals surface area contributed by atoms with Gasteiger partial charge in [-0.15, -0.1) is 0 Å². The van der Waals surface area contributed by atoms with Gasteiger partial charge in [0.25, 0.3) is 5.71 Å². The van der Waals surface area contributed by atoms with Crippen molar-refractivity contribution in [2.24, 2.45) is 0 Å². The van der Waals surface area contributed by atoms with Crippen molar-refractivity contribution in [2.75, 3.05) is 11.9 Å². The summed E-state index contributed by atoms with van der Waals surface area (Å²) < 4.78 is 5.07. The van der Waals surface area contributed by atoms with Crippen molar-refractivity contribution in [3.8, 4) is 0 Å². The maximum atomic E-state index is 9.00. The Kier molecular flexibility index (Phi) is 2.97. The Morgan fingerprint density at radius 1 is 1.41 bits per heavy atom. The van der Waals surface area contributed by atoms with Crippen LogP contribution in [0.5, 0.6) is 0 Å². The van der Waals surface area contributed by atoms with E-state index in [4.69, 9.17) is 9.63 Å². The number of aliphatic hydroxyl groups excluding tert-OH is 1. The fourth-order valence-electron chi connectivity index (χ4n) is 1.68. The van der Waals surface area contributed by atoms with Crippen molar-refractivity contribution >= 4 is 16.9 Å². The van der Waals surface area contributed by atoms with Crippen molar-refractivity contribution in [3.05, 3.63) is 12.0 Å². The molecular formula is C11H16N4O2. The number of aryl methyl sites for hydroxylation is 1. The monoisotopic (exact) mass is 236 g/mol. The van der Waals surface area contributed by atoms with Gasteiger partial charge in [-0.05, 0) is 27.2 Å². The largest absolute Gasteiger partial charge is 0.396 e. The molecule has 2 heterocycles. The molecule has 6 nitrogen and oxygen atoms in total. The summed E-state index contributed by atoms with van der Waals surface area (Å²) in [7, 11) is 0. The average Bonchev–Trinajstić information content (AvgIpc) is 2.61. The van der Waals surface area contributed by atoms with E-state index in [1.165, 1.54) is 6.33 Å². The molecule has 0 aliphatic rings. The Hall–Kier alpha value is -1.69. The lowest BCUT2D eigenvalue weighted by molar-refractivity contribution is 0.260. The van der Waals surface area contributed by atoms with Gasteiger partial charge in [0.05, 0.1) is 5.69 Å². The summed E-state index contributed by atoms with van der Waals surface area (Å²) in [4.78, 5) is 8.21. The van der Waals surface area contributed by atoms with E-state index in [-0.39, 0.29) is 12.1 Å². The van der Waals surface area contributed by atoms with Gasteiger partial charge < -0.3 is 14.9 Å². The molecule has 0 saturated carbocycles.